The summed E-state index contributed by atoms with van der Waals surface area (Å²) < 4.78 is 4.74. The molecule has 0 saturated carbocycles. The molecule has 178 valence electrons. The fourth-order valence-corrected chi connectivity index (χ4v) is 6.06. The van der Waals surface area contributed by atoms with E-state index >= 15 is 0 Å². The van der Waals surface area contributed by atoms with Gasteiger partial charge in [0.1, 0.15) is 17.2 Å². The minimum absolute atomic E-state index is 0.101. The molecule has 0 bridgehead atoms. The van der Waals surface area contributed by atoms with E-state index in [9.17, 15) is 24.3 Å². The highest BCUT2D eigenvalue weighted by molar-refractivity contribution is 8.01. The number of rotatable bonds is 5. The number of ether oxygens (including phenoxy) is 1. The lowest BCUT2D eigenvalue weighted by atomic mass is 9.95. The van der Waals surface area contributed by atoms with Crippen molar-refractivity contribution in [3.05, 3.63) is 65.2 Å². The number of fused-ring (bicyclic) bond motifs is 1. The summed E-state index contributed by atoms with van der Waals surface area (Å²) in [6, 6.07) is 11.8. The lowest BCUT2D eigenvalue weighted by molar-refractivity contribution is -0.166. The highest BCUT2D eigenvalue weighted by Crippen LogP contribution is 2.52. The zero-order chi connectivity index (χ0) is 24.8. The van der Waals surface area contributed by atoms with Gasteiger partial charge in [0.05, 0.1) is 6.42 Å². The molecule has 0 radical (unpaired) electrons. The molecule has 0 aliphatic carbocycles. The molecule has 2 heterocycles. The third-order valence-corrected chi connectivity index (χ3v) is 7.83. The maximum atomic E-state index is 13.3. The summed E-state index contributed by atoms with van der Waals surface area (Å²) >= 11 is 1.27. The number of aryl methyl sites for hydroxylation is 2. The zero-order valence-corrected chi connectivity index (χ0v) is 20.2. The van der Waals surface area contributed by atoms with Crippen molar-refractivity contribution < 1.29 is 29.0 Å². The average molecular weight is 483 g/mol. The third-order valence-electron chi connectivity index (χ3n) is 6.27. The van der Waals surface area contributed by atoms with Crippen LogP contribution >= 0.6 is 11.8 Å². The summed E-state index contributed by atoms with van der Waals surface area (Å²) in [7, 11) is 0. The Balaban J connectivity index is 1.65. The van der Waals surface area contributed by atoms with Crippen molar-refractivity contribution in [2.24, 2.45) is 0 Å². The van der Waals surface area contributed by atoms with Gasteiger partial charge in [-0.25, -0.2) is 14.5 Å². The van der Waals surface area contributed by atoms with Crippen molar-refractivity contribution in [2.75, 3.05) is 0 Å². The first-order chi connectivity index (χ1) is 16.0. The van der Waals surface area contributed by atoms with Crippen molar-refractivity contribution in [3.63, 3.8) is 0 Å². The van der Waals surface area contributed by atoms with E-state index in [2.05, 4.69) is 0 Å². The number of benzene rings is 2. The van der Waals surface area contributed by atoms with Crippen molar-refractivity contribution in [2.45, 2.75) is 56.3 Å². The maximum Gasteiger partial charge on any atom is 0.422 e. The molecule has 2 fully saturated rings. The Bertz CT molecular complexity index is 1170. The molecular formula is C25H26N2O6S. The Morgan fingerprint density at radius 1 is 1.09 bits per heavy atom. The van der Waals surface area contributed by atoms with E-state index in [4.69, 9.17) is 4.74 Å². The number of aliphatic carboxylic acids is 1. The molecule has 9 heteroatoms. The van der Waals surface area contributed by atoms with Crippen LogP contribution < -0.4 is 4.74 Å². The third kappa shape index (κ3) is 4.16. The predicted octanol–water partition coefficient (Wildman–Crippen LogP) is 3.39. The zero-order valence-electron chi connectivity index (χ0n) is 19.3. The fourth-order valence-electron chi connectivity index (χ4n) is 4.38. The van der Waals surface area contributed by atoms with E-state index < -0.39 is 46.1 Å². The SMILES string of the molecule is Cc1ccc(OC(=O)N(C(=O)Cc2ccccc2)C2C(=O)N3C(C(=O)O)C(C)(C)S[C@H]23)cc1C. The summed E-state index contributed by atoms with van der Waals surface area (Å²) in [5, 5.41) is 9.03. The van der Waals surface area contributed by atoms with Crippen LogP contribution in [0.15, 0.2) is 48.5 Å². The van der Waals surface area contributed by atoms with Crippen molar-refractivity contribution in [1.29, 1.82) is 0 Å². The molecule has 2 unspecified atom stereocenters. The van der Waals surface area contributed by atoms with Crippen LogP contribution in [0.25, 0.3) is 0 Å². The highest BCUT2D eigenvalue weighted by atomic mass is 32.2. The van der Waals surface area contributed by atoms with Crippen LogP contribution in [0.4, 0.5) is 4.79 Å². The van der Waals surface area contributed by atoms with Crippen LogP contribution in [0.5, 0.6) is 5.75 Å². The largest absolute Gasteiger partial charge is 0.480 e. The van der Waals surface area contributed by atoms with Gasteiger partial charge in [0.15, 0.2) is 6.04 Å². The quantitative estimate of drug-likeness (QED) is 0.652. The second-order valence-corrected chi connectivity index (χ2v) is 10.9. The molecule has 2 aliphatic heterocycles. The van der Waals surface area contributed by atoms with E-state index in [1.165, 1.54) is 16.7 Å². The summed E-state index contributed by atoms with van der Waals surface area (Å²) in [5.41, 5.74) is 2.62. The number of hydrogen-bond acceptors (Lipinski definition) is 6. The Morgan fingerprint density at radius 3 is 2.38 bits per heavy atom. The molecule has 2 aromatic rings. The molecule has 1 N–H and O–H groups in total. The van der Waals surface area contributed by atoms with Crippen LogP contribution in [0.2, 0.25) is 0 Å². The molecule has 0 aromatic heterocycles. The monoisotopic (exact) mass is 482 g/mol. The summed E-state index contributed by atoms with van der Waals surface area (Å²) in [6.07, 6.45) is -1.06. The number of β-lactam (4-membered cyclic amide) rings is 1. The van der Waals surface area contributed by atoms with Gasteiger partial charge < -0.3 is 14.7 Å². The standard InChI is InChI=1S/C25H26N2O6S/c1-14-10-11-17(12-15(14)2)33-24(32)26(18(28)13-16-8-6-5-7-9-16)19-21(29)27-20(23(30)31)25(3,4)34-22(19)27/h5-12,19-20,22H,13H2,1-4H3,(H,30,31)/t19?,20?,22-/m1/s1. The normalized spacial score (nSPS) is 22.5. The Morgan fingerprint density at radius 2 is 1.76 bits per heavy atom. The molecule has 3 atom stereocenters. The maximum absolute atomic E-state index is 13.3. The lowest BCUT2D eigenvalue weighted by Crippen LogP contribution is -2.72. The number of carbonyl (C=O) groups excluding carboxylic acids is 3. The van der Waals surface area contributed by atoms with Crippen LogP contribution in [-0.4, -0.2) is 61.0 Å². The van der Waals surface area contributed by atoms with E-state index in [0.717, 1.165) is 16.0 Å². The van der Waals surface area contributed by atoms with Crippen molar-refractivity contribution in [3.8, 4) is 5.75 Å². The van der Waals surface area contributed by atoms with Crippen molar-refractivity contribution >= 4 is 35.6 Å². The summed E-state index contributed by atoms with van der Waals surface area (Å²) in [5.74, 6) is -2.02. The minimum Gasteiger partial charge on any atom is -0.480 e. The summed E-state index contributed by atoms with van der Waals surface area (Å²) in [6.45, 7) is 7.28. The van der Waals surface area contributed by atoms with Gasteiger partial charge in [-0.2, -0.15) is 0 Å². The highest BCUT2D eigenvalue weighted by Gasteiger charge is 2.66. The average Bonchev–Trinajstić information content (AvgIpc) is 3.02. The van der Waals surface area contributed by atoms with E-state index in [0.29, 0.717) is 5.56 Å². The first kappa shape index (κ1) is 23.8. The first-order valence-electron chi connectivity index (χ1n) is 10.9. The fraction of sp³-hybridized carbons (Fsp3) is 0.360. The Kier molecular flexibility index (Phi) is 6.16. The van der Waals surface area contributed by atoms with Crippen molar-refractivity contribution in [1.82, 2.24) is 9.80 Å². The van der Waals surface area contributed by atoms with Crippen LogP contribution in [-0.2, 0) is 20.8 Å². The first-order valence-corrected chi connectivity index (χ1v) is 11.8. The number of hydrogen-bond donors (Lipinski definition) is 1. The van der Waals surface area contributed by atoms with E-state index in [1.807, 2.05) is 19.9 Å². The number of thioether (sulfide) groups is 1. The number of carbonyl (C=O) groups is 4. The van der Waals surface area contributed by atoms with Gasteiger partial charge in [0, 0.05) is 4.75 Å². The molecule has 0 spiro atoms. The van der Waals surface area contributed by atoms with Gasteiger partial charge in [-0.05, 0) is 56.5 Å². The molecule has 8 nitrogen and oxygen atoms in total. The Hall–Kier alpha value is -3.33. The lowest BCUT2D eigenvalue weighted by Gasteiger charge is -2.46. The number of carboxylic acid groups (broad SMARTS) is 1. The molecular weight excluding hydrogens is 456 g/mol. The number of amides is 3. The van der Waals surface area contributed by atoms with Gasteiger partial charge >= 0.3 is 12.1 Å². The van der Waals surface area contributed by atoms with Crippen LogP contribution in [0.1, 0.15) is 30.5 Å². The molecule has 2 aromatic carbocycles. The van der Waals surface area contributed by atoms with Gasteiger partial charge in [-0.3, -0.25) is 9.59 Å². The number of nitrogens with zero attached hydrogens (tertiary/aromatic N) is 2. The predicted molar refractivity (Wildman–Crippen MR) is 126 cm³/mol. The topological polar surface area (TPSA) is 104 Å². The van der Waals surface area contributed by atoms with Crippen LogP contribution in [0, 0.1) is 13.8 Å². The molecule has 34 heavy (non-hydrogen) atoms. The van der Waals surface area contributed by atoms with Gasteiger partial charge in [0.2, 0.25) is 5.91 Å². The summed E-state index contributed by atoms with van der Waals surface area (Å²) in [4.78, 5) is 53.7. The minimum atomic E-state index is -1.14. The number of imide groups is 1. The van der Waals surface area contributed by atoms with Gasteiger partial charge in [0.25, 0.3) is 5.91 Å². The Labute approximate surface area is 201 Å². The smallest absolute Gasteiger partial charge is 0.422 e. The molecule has 4 rings (SSSR count). The number of carboxylic acids is 1. The molecule has 2 aliphatic rings. The second kappa shape index (κ2) is 8.79. The van der Waals surface area contributed by atoms with E-state index in [-0.39, 0.29) is 12.2 Å². The second-order valence-electron chi connectivity index (χ2n) is 9.08. The van der Waals surface area contributed by atoms with Crippen LogP contribution in [0.3, 0.4) is 0 Å². The van der Waals surface area contributed by atoms with E-state index in [1.54, 1.807) is 56.3 Å². The van der Waals surface area contributed by atoms with Gasteiger partial charge in [-0.1, -0.05) is 36.4 Å². The molecule has 3 amide bonds. The van der Waals surface area contributed by atoms with Gasteiger partial charge in [-0.15, -0.1) is 11.8 Å². The molecule has 2 saturated heterocycles.